The summed E-state index contributed by atoms with van der Waals surface area (Å²) in [4.78, 5) is 23.5. The summed E-state index contributed by atoms with van der Waals surface area (Å²) in [6.45, 7) is 2.63. The predicted octanol–water partition coefficient (Wildman–Crippen LogP) is 6.05. The first-order chi connectivity index (χ1) is 12.0. The Labute approximate surface area is 161 Å². The fourth-order valence-electron chi connectivity index (χ4n) is 2.50. The quantitative estimate of drug-likeness (QED) is 0.420. The maximum absolute atomic E-state index is 14.9. The van der Waals surface area contributed by atoms with E-state index < -0.39 is 22.1 Å². The van der Waals surface area contributed by atoms with Gasteiger partial charge in [0, 0.05) is 16.1 Å². The molecule has 2 atom stereocenters. The van der Waals surface area contributed by atoms with Crippen molar-refractivity contribution >= 4 is 34.8 Å². The molecule has 0 bridgehead atoms. The molecule has 6 heteroatoms. The van der Waals surface area contributed by atoms with Gasteiger partial charge in [-0.1, -0.05) is 11.6 Å². The van der Waals surface area contributed by atoms with E-state index in [1.54, 1.807) is 24.3 Å². The number of halogens is 4. The molecule has 2 aromatic rings. The van der Waals surface area contributed by atoms with E-state index in [4.69, 9.17) is 23.2 Å². The summed E-state index contributed by atoms with van der Waals surface area (Å²) in [5.74, 6) is -1.66. The topological polar surface area (TPSA) is 34.1 Å². The van der Waals surface area contributed by atoms with Crippen LogP contribution in [0.15, 0.2) is 48.5 Å². The van der Waals surface area contributed by atoms with Crippen molar-refractivity contribution in [3.8, 4) is 0 Å². The van der Waals surface area contributed by atoms with Crippen molar-refractivity contribution in [2.45, 2.75) is 37.2 Å². The number of hydrogen-bond donors (Lipinski definition) is 0. The highest BCUT2D eigenvalue weighted by molar-refractivity contribution is 6.37. The Morgan fingerprint density at radius 3 is 1.88 bits per heavy atom. The van der Waals surface area contributed by atoms with E-state index in [1.165, 1.54) is 19.1 Å². The Morgan fingerprint density at radius 2 is 1.35 bits per heavy atom. The molecule has 0 aliphatic carbocycles. The van der Waals surface area contributed by atoms with Crippen molar-refractivity contribution in [1.29, 1.82) is 0 Å². The molecule has 0 N–H and O–H groups in total. The molecule has 2 nitrogen and oxygen atoms in total. The molecule has 0 heterocycles. The van der Waals surface area contributed by atoms with Crippen molar-refractivity contribution in [2.75, 3.05) is 0 Å². The van der Waals surface area contributed by atoms with Crippen molar-refractivity contribution in [3.63, 3.8) is 0 Å². The van der Waals surface area contributed by atoms with Crippen LogP contribution < -0.4 is 0 Å². The van der Waals surface area contributed by atoms with E-state index in [9.17, 15) is 18.4 Å². The third-order valence-electron chi connectivity index (χ3n) is 4.22. The predicted molar refractivity (Wildman–Crippen MR) is 99.5 cm³/mol. The molecule has 0 amide bonds. The minimum absolute atomic E-state index is 0.0457. The monoisotopic (exact) mass is 398 g/mol. The third-order valence-corrected chi connectivity index (χ3v) is 4.84. The van der Waals surface area contributed by atoms with Gasteiger partial charge in [0.2, 0.25) is 0 Å². The van der Waals surface area contributed by atoms with Crippen LogP contribution in [0.5, 0.6) is 0 Å². The van der Waals surface area contributed by atoms with E-state index in [1.807, 2.05) is 0 Å². The number of rotatable bonds is 7. The van der Waals surface area contributed by atoms with Crippen molar-refractivity contribution < 1.29 is 18.4 Å². The van der Waals surface area contributed by atoms with Gasteiger partial charge >= 0.3 is 0 Å². The molecule has 26 heavy (non-hydrogen) atoms. The largest absolute Gasteiger partial charge is 0.292 e. The first-order valence-electron chi connectivity index (χ1n) is 8.01. The number of benzene rings is 2. The number of carbonyl (C=O) groups is 2. The fraction of sp³-hybridized carbons (Fsp3) is 0.300. The molecule has 0 saturated carbocycles. The summed E-state index contributed by atoms with van der Waals surface area (Å²) in [6.07, 6.45) is -0.293. The van der Waals surface area contributed by atoms with E-state index in [2.05, 4.69) is 0 Å². The first-order valence-corrected chi connectivity index (χ1v) is 8.77. The van der Waals surface area contributed by atoms with Crippen molar-refractivity contribution in [2.24, 2.45) is 0 Å². The second kappa shape index (κ2) is 7.85. The molecular weight excluding hydrogens is 381 g/mol. The third kappa shape index (κ3) is 4.89. The lowest BCUT2D eigenvalue weighted by Crippen LogP contribution is -2.36. The Kier molecular flexibility index (Phi) is 6.20. The van der Waals surface area contributed by atoms with Crippen LogP contribution in [-0.4, -0.2) is 22.1 Å². The van der Waals surface area contributed by atoms with Gasteiger partial charge in [0.25, 0.3) is 0 Å². The van der Waals surface area contributed by atoms with Gasteiger partial charge in [-0.2, -0.15) is 0 Å². The summed E-state index contributed by atoms with van der Waals surface area (Å²) in [5, 5.41) is 0.485. The van der Waals surface area contributed by atoms with E-state index in [0.29, 0.717) is 10.6 Å². The maximum Gasteiger partial charge on any atom is 0.199 e. The highest BCUT2D eigenvalue weighted by Crippen LogP contribution is 2.32. The van der Waals surface area contributed by atoms with Gasteiger partial charge in [0.1, 0.15) is 10.7 Å². The van der Waals surface area contributed by atoms with Crippen LogP contribution in [0.4, 0.5) is 8.78 Å². The number of carbonyl (C=O) groups excluding carboxylic acids is 2. The summed E-state index contributed by atoms with van der Waals surface area (Å²) in [6, 6.07) is 10.9. The lowest BCUT2D eigenvalue weighted by Gasteiger charge is -2.25. The minimum Gasteiger partial charge on any atom is -0.292 e. The van der Waals surface area contributed by atoms with E-state index >= 15 is 0 Å². The van der Waals surface area contributed by atoms with Crippen LogP contribution in [0, 0.1) is 5.82 Å². The number of ketones is 2. The average molecular weight is 399 g/mol. The van der Waals surface area contributed by atoms with Gasteiger partial charge < -0.3 is 0 Å². The van der Waals surface area contributed by atoms with E-state index in [0.717, 1.165) is 19.1 Å². The average Bonchev–Trinajstić information content (AvgIpc) is 2.60. The molecule has 0 saturated heterocycles. The summed E-state index contributed by atoms with van der Waals surface area (Å²) in [5.41, 5.74) is -1.80. The molecule has 0 aromatic heterocycles. The van der Waals surface area contributed by atoms with Gasteiger partial charge in [-0.3, -0.25) is 9.59 Å². The van der Waals surface area contributed by atoms with Gasteiger partial charge in [0.15, 0.2) is 17.2 Å². The second-order valence-electron chi connectivity index (χ2n) is 6.57. The second-order valence-corrected chi connectivity index (χ2v) is 7.84. The standard InChI is InChI=1S/C20H18Cl2F2O2/c1-19(22,17(25)13-3-7-15(21)8-4-13)11-12-20(2,24)18(26)14-5-9-16(23)10-6-14/h3-10H,11-12H2,1-2H3. The summed E-state index contributed by atoms with van der Waals surface area (Å²) >= 11 is 12.1. The fourth-order valence-corrected chi connectivity index (χ4v) is 2.83. The highest BCUT2D eigenvalue weighted by atomic mass is 35.5. The van der Waals surface area contributed by atoms with Gasteiger partial charge in [-0.05, 0) is 75.2 Å². The molecule has 0 aliphatic rings. The molecule has 0 aliphatic heterocycles. The SMILES string of the molecule is CC(F)(CCC(C)(Cl)C(=O)c1ccc(Cl)cc1)C(=O)c1ccc(F)cc1. The van der Waals surface area contributed by atoms with Crippen LogP contribution in [0.3, 0.4) is 0 Å². The number of alkyl halides is 2. The zero-order chi connectivity index (χ0) is 19.5. The maximum atomic E-state index is 14.9. The molecular formula is C20H18Cl2F2O2. The number of hydrogen-bond acceptors (Lipinski definition) is 2. The smallest absolute Gasteiger partial charge is 0.199 e. The first kappa shape index (κ1) is 20.5. The van der Waals surface area contributed by atoms with Gasteiger partial charge in [-0.25, -0.2) is 8.78 Å². The Bertz CT molecular complexity index is 728. The zero-order valence-corrected chi connectivity index (χ0v) is 15.9. The molecule has 2 unspecified atom stereocenters. The lowest BCUT2D eigenvalue weighted by molar-refractivity contribution is 0.0683. The molecule has 0 fully saturated rings. The minimum atomic E-state index is -2.23. The van der Waals surface area contributed by atoms with Crippen molar-refractivity contribution in [3.05, 3.63) is 70.5 Å². The molecule has 138 valence electrons. The van der Waals surface area contributed by atoms with Crippen molar-refractivity contribution in [1.82, 2.24) is 0 Å². The van der Waals surface area contributed by atoms with E-state index in [-0.39, 0.29) is 24.2 Å². The Morgan fingerprint density at radius 1 is 0.885 bits per heavy atom. The summed E-state index contributed by atoms with van der Waals surface area (Å²) in [7, 11) is 0. The lowest BCUT2D eigenvalue weighted by atomic mass is 9.86. The Hall–Kier alpha value is -1.78. The molecule has 0 spiro atoms. The Balaban J connectivity index is 2.09. The van der Waals surface area contributed by atoms with Gasteiger partial charge in [-0.15, -0.1) is 11.6 Å². The van der Waals surface area contributed by atoms with Gasteiger partial charge in [0.05, 0.1) is 0 Å². The van der Waals surface area contributed by atoms with Crippen LogP contribution in [-0.2, 0) is 0 Å². The summed E-state index contributed by atoms with van der Waals surface area (Å²) < 4.78 is 27.8. The highest BCUT2D eigenvalue weighted by Gasteiger charge is 2.39. The molecule has 2 aromatic carbocycles. The van der Waals surface area contributed by atoms with Crippen LogP contribution >= 0.6 is 23.2 Å². The molecule has 2 rings (SSSR count). The van der Waals surface area contributed by atoms with Crippen LogP contribution in [0.2, 0.25) is 5.02 Å². The normalized spacial score (nSPS) is 15.8. The zero-order valence-electron chi connectivity index (χ0n) is 14.4. The number of Topliss-reactive ketones (excluding diaryl/α,β-unsaturated/α-hetero) is 2. The van der Waals surface area contributed by atoms with Crippen LogP contribution in [0.1, 0.15) is 47.4 Å². The molecule has 0 radical (unpaired) electrons. The van der Waals surface area contributed by atoms with Crippen LogP contribution in [0.25, 0.3) is 0 Å².